The van der Waals surface area contributed by atoms with Crippen LogP contribution in [0.3, 0.4) is 0 Å². The van der Waals surface area contributed by atoms with Crippen molar-refractivity contribution in [2.75, 3.05) is 5.73 Å². The van der Waals surface area contributed by atoms with Gasteiger partial charge in [-0.2, -0.15) is 0 Å². The van der Waals surface area contributed by atoms with Crippen LogP contribution in [0, 0.1) is 13.0 Å². The Hall–Kier alpha value is -0.228. The Kier molecular flexibility index (Phi) is 3.02. The molecule has 14 heavy (non-hydrogen) atoms. The zero-order valence-corrected chi connectivity index (χ0v) is 13.8. The average molecular weight is 486 g/mol. The van der Waals surface area contributed by atoms with Gasteiger partial charge in [-0.3, -0.25) is 0 Å². The minimum atomic E-state index is 0.671. The molecule has 0 aliphatic heterocycles. The third kappa shape index (κ3) is 1.77. The predicted octanol–water partition coefficient (Wildman–Crippen LogP) is 2.10. The number of hydrogen-bond donors (Lipinski definition) is 1. The monoisotopic (exact) mass is 487 g/mol. The van der Waals surface area contributed by atoms with Gasteiger partial charge in [0.05, 0.1) is 0 Å². The van der Waals surface area contributed by atoms with E-state index < -0.39 is 0 Å². The topological polar surface area (TPSA) is 39.2 Å². The molecule has 66 valence electrons. The van der Waals surface area contributed by atoms with Crippen LogP contribution in [0.4, 0.5) is 5.69 Å². The molecule has 1 aromatic heterocycles. The van der Waals surface area contributed by atoms with E-state index in [2.05, 4.69) is 32.0 Å². The van der Waals surface area contributed by atoms with Crippen LogP contribution in [-0.2, 0) is 0 Å². The Morgan fingerprint density at radius 3 is 2.86 bits per heavy atom. The molecule has 4 heteroatoms. The van der Waals surface area contributed by atoms with Gasteiger partial charge in [0.15, 0.2) is 0 Å². The van der Waals surface area contributed by atoms with Crippen LogP contribution in [0.25, 0.3) is 11.0 Å². The second-order valence-corrected chi connectivity index (χ2v) is 5.04. The van der Waals surface area contributed by atoms with Crippen molar-refractivity contribution in [1.82, 2.24) is 0 Å². The number of halogens is 1. The van der Waals surface area contributed by atoms with E-state index in [9.17, 15) is 0 Å². The molecule has 0 radical (unpaired) electrons. The summed E-state index contributed by atoms with van der Waals surface area (Å²) in [7, 11) is 0. The molecule has 0 saturated carbocycles. The summed E-state index contributed by atoms with van der Waals surface area (Å²) >= 11 is 2.93. The number of anilines is 1. The summed E-state index contributed by atoms with van der Waals surface area (Å²) in [6, 6.07) is 5.78. The quantitative estimate of drug-likeness (QED) is 0.268. The van der Waals surface area contributed by atoms with Crippen molar-refractivity contribution in [3.05, 3.63) is 27.5 Å². The van der Waals surface area contributed by atoms with E-state index in [1.165, 1.54) is 0 Å². The van der Waals surface area contributed by atoms with Gasteiger partial charge in [0.25, 0.3) is 0 Å². The number of nitrogen functional groups attached to an aromatic ring is 1. The molecular weight excluding hydrogens is 481 g/mol. The fourth-order valence-electron chi connectivity index (χ4n) is 1.24. The molecule has 0 bridgehead atoms. The van der Waals surface area contributed by atoms with E-state index in [1.54, 1.807) is 0 Å². The summed E-state index contributed by atoms with van der Waals surface area (Å²) < 4.78 is 9.65. The molecular formula is C10H5INOTl. The zero-order chi connectivity index (χ0) is 10.1. The number of nitrogens with two attached hydrogens (primary N) is 1. The third-order valence-corrected chi connectivity index (χ3v) is 3.36. The molecule has 0 spiro atoms. The second-order valence-electron chi connectivity index (χ2n) is 2.76. The van der Waals surface area contributed by atoms with Gasteiger partial charge in [-0.05, 0) is 0 Å². The van der Waals surface area contributed by atoms with Gasteiger partial charge in [-0.25, -0.2) is 0 Å². The van der Waals surface area contributed by atoms with Crippen molar-refractivity contribution in [3.8, 4) is 9.40 Å². The maximum atomic E-state index is 5.80. The van der Waals surface area contributed by atoms with Crippen molar-refractivity contribution >= 4 is 65.0 Å². The fraction of sp³-hybridized carbons (Fsp3) is 0. The van der Waals surface area contributed by atoms with Crippen LogP contribution in [-0.4, -0.2) is 25.8 Å². The average Bonchev–Trinajstić information content (AvgIpc) is 2.57. The van der Waals surface area contributed by atoms with Gasteiger partial charge >= 0.3 is 112 Å². The molecule has 2 nitrogen and oxygen atoms in total. The van der Waals surface area contributed by atoms with Crippen LogP contribution in [0.15, 0.2) is 22.6 Å². The second kappa shape index (κ2) is 4.10. The van der Waals surface area contributed by atoms with E-state index in [4.69, 9.17) is 10.2 Å². The van der Waals surface area contributed by atoms with Gasteiger partial charge in [0.2, 0.25) is 0 Å². The zero-order valence-electron chi connectivity index (χ0n) is 7.17. The first-order valence-corrected chi connectivity index (χ1v) is 7.24. The summed E-state index contributed by atoms with van der Waals surface area (Å²) in [4.78, 5) is 0. The first-order chi connectivity index (χ1) is 6.72. The molecule has 2 N–H and O–H groups in total. The van der Waals surface area contributed by atoms with Gasteiger partial charge in [-0.15, -0.1) is 0 Å². The van der Waals surface area contributed by atoms with Crippen molar-refractivity contribution in [2.24, 2.45) is 0 Å². The summed E-state index contributed by atoms with van der Waals surface area (Å²) in [5, 5.41) is 1.05. The minimum absolute atomic E-state index is 0.671. The molecule has 0 amide bonds. The standard InChI is InChI=1S/C10H5INO.Tl/c1-2-6-5-7-8(11)3-4-9(12)10(7)13-6;/h3-5H,12H2;. The molecule has 0 saturated heterocycles. The van der Waals surface area contributed by atoms with E-state index in [-0.39, 0.29) is 0 Å². The molecule has 0 fully saturated rings. The van der Waals surface area contributed by atoms with Crippen LogP contribution < -0.4 is 5.73 Å². The third-order valence-electron chi connectivity index (χ3n) is 1.86. The predicted molar refractivity (Wildman–Crippen MR) is 66.0 cm³/mol. The molecule has 0 unspecified atom stereocenters. The van der Waals surface area contributed by atoms with Crippen molar-refractivity contribution < 1.29 is 4.42 Å². The molecule has 0 atom stereocenters. The summed E-state index contributed by atoms with van der Waals surface area (Å²) in [5.74, 6) is 3.66. The Bertz CT molecular complexity index is 511. The van der Waals surface area contributed by atoms with E-state index in [0.717, 1.165) is 14.5 Å². The SMILES string of the molecule is Nc1ccc(I)c2cc(C#[C][Tl])oc12. The van der Waals surface area contributed by atoms with Crippen LogP contribution in [0.5, 0.6) is 0 Å². The molecule has 2 rings (SSSR count). The summed E-state index contributed by atoms with van der Waals surface area (Å²) in [5.41, 5.74) is 7.22. The number of benzene rings is 1. The molecule has 0 aliphatic rings. The van der Waals surface area contributed by atoms with Gasteiger partial charge in [0, 0.05) is 0 Å². The van der Waals surface area contributed by atoms with E-state index >= 15 is 0 Å². The van der Waals surface area contributed by atoms with Crippen LogP contribution >= 0.6 is 22.6 Å². The first kappa shape index (κ1) is 10.3. The summed E-state index contributed by atoms with van der Waals surface area (Å²) in [6.07, 6.45) is 0. The van der Waals surface area contributed by atoms with Crippen molar-refractivity contribution in [3.63, 3.8) is 0 Å². The normalized spacial score (nSPS) is 9.71. The van der Waals surface area contributed by atoms with Gasteiger partial charge < -0.3 is 0 Å². The van der Waals surface area contributed by atoms with Gasteiger partial charge in [0.1, 0.15) is 0 Å². The Morgan fingerprint density at radius 1 is 1.43 bits per heavy atom. The number of fused-ring (bicyclic) bond motifs is 1. The first-order valence-electron chi connectivity index (χ1n) is 3.91. The van der Waals surface area contributed by atoms with E-state index in [1.807, 2.05) is 18.2 Å². The molecule has 2 aromatic rings. The maximum absolute atomic E-state index is 5.80. The molecule has 1 aromatic carbocycles. The molecule has 0 aliphatic carbocycles. The van der Waals surface area contributed by atoms with Crippen LogP contribution in [0.2, 0.25) is 0 Å². The molecule has 1 heterocycles. The van der Waals surface area contributed by atoms with Crippen LogP contribution in [0.1, 0.15) is 5.76 Å². The van der Waals surface area contributed by atoms with Gasteiger partial charge in [-0.1, -0.05) is 0 Å². The number of hydrogen-bond acceptors (Lipinski definition) is 2. The van der Waals surface area contributed by atoms with E-state index in [0.29, 0.717) is 37.2 Å². The number of rotatable bonds is 0. The fourth-order valence-corrected chi connectivity index (χ4v) is 2.38. The Morgan fingerprint density at radius 2 is 2.21 bits per heavy atom. The Balaban J connectivity index is 2.79. The van der Waals surface area contributed by atoms with Crippen molar-refractivity contribution in [1.29, 1.82) is 0 Å². The van der Waals surface area contributed by atoms with Crippen molar-refractivity contribution in [2.45, 2.75) is 0 Å². The Labute approximate surface area is 111 Å². The number of furan rings is 1. The summed E-state index contributed by atoms with van der Waals surface area (Å²) in [6.45, 7) is 0.